The quantitative estimate of drug-likeness (QED) is 0.739. The van der Waals surface area contributed by atoms with Gasteiger partial charge in [-0.15, -0.1) is 0 Å². The fourth-order valence-corrected chi connectivity index (χ4v) is 3.22. The highest BCUT2D eigenvalue weighted by atomic mass is 16.7. The molecule has 2 aliphatic rings. The lowest BCUT2D eigenvalue weighted by Crippen LogP contribution is -2.54. The molecule has 0 unspecified atom stereocenters. The lowest BCUT2D eigenvalue weighted by atomic mass is 10.00. The van der Waals surface area contributed by atoms with Crippen molar-refractivity contribution in [2.75, 3.05) is 6.54 Å². The first kappa shape index (κ1) is 18.9. The van der Waals surface area contributed by atoms with Gasteiger partial charge in [0.1, 0.15) is 11.1 Å². The number of ether oxygens (including phenoxy) is 1. The van der Waals surface area contributed by atoms with E-state index in [-0.39, 0.29) is 11.1 Å². The maximum atomic E-state index is 12.8. The van der Waals surface area contributed by atoms with E-state index in [0.717, 1.165) is 0 Å². The summed E-state index contributed by atoms with van der Waals surface area (Å²) in [4.78, 5) is 56.5. The van der Waals surface area contributed by atoms with Crippen LogP contribution < -0.4 is 0 Å². The molecule has 1 aromatic rings. The van der Waals surface area contributed by atoms with Gasteiger partial charge >= 0.3 is 12.1 Å². The Bertz CT molecular complexity index is 793. The molecule has 0 saturated carbocycles. The van der Waals surface area contributed by atoms with Crippen molar-refractivity contribution >= 4 is 23.9 Å². The molecular weight excluding hydrogens is 352 g/mol. The Hall–Kier alpha value is -2.90. The number of carbonyl (C=O) groups is 4. The molecule has 2 aliphatic heterocycles. The molecule has 1 aromatic carbocycles. The van der Waals surface area contributed by atoms with Crippen LogP contribution in [-0.2, 0) is 14.4 Å². The number of rotatable bonds is 2. The van der Waals surface area contributed by atoms with Crippen molar-refractivity contribution < 1.29 is 28.8 Å². The summed E-state index contributed by atoms with van der Waals surface area (Å²) in [5, 5.41) is 0.462. The number of imide groups is 1. The fourth-order valence-electron chi connectivity index (χ4n) is 3.22. The van der Waals surface area contributed by atoms with E-state index in [0.29, 0.717) is 24.4 Å². The summed E-state index contributed by atoms with van der Waals surface area (Å²) >= 11 is 0. The van der Waals surface area contributed by atoms with E-state index in [4.69, 9.17) is 9.57 Å². The second kappa shape index (κ2) is 6.37. The largest absolute Gasteiger partial charge is 0.444 e. The summed E-state index contributed by atoms with van der Waals surface area (Å²) in [5.41, 5.74) is -1.68. The number of amides is 3. The number of benzene rings is 1. The van der Waals surface area contributed by atoms with Gasteiger partial charge in [0, 0.05) is 6.54 Å². The maximum Gasteiger partial charge on any atom is 0.411 e. The van der Waals surface area contributed by atoms with Crippen LogP contribution >= 0.6 is 0 Å². The highest BCUT2D eigenvalue weighted by Crippen LogP contribution is 2.33. The first-order valence-electron chi connectivity index (χ1n) is 8.75. The molecule has 0 N–H and O–H groups in total. The van der Waals surface area contributed by atoms with Gasteiger partial charge in [-0.05, 0) is 52.7 Å². The molecule has 3 rings (SSSR count). The van der Waals surface area contributed by atoms with Crippen molar-refractivity contribution in [2.45, 2.75) is 51.7 Å². The second-order valence-corrected chi connectivity index (χ2v) is 7.84. The van der Waals surface area contributed by atoms with Gasteiger partial charge in [-0.1, -0.05) is 17.2 Å². The number of likely N-dealkylation sites (tertiary alicyclic amines) is 1. The predicted octanol–water partition coefficient (Wildman–Crippen LogP) is 2.53. The molecule has 27 heavy (non-hydrogen) atoms. The molecule has 1 atom stereocenters. The van der Waals surface area contributed by atoms with Crippen LogP contribution in [0, 0.1) is 0 Å². The summed E-state index contributed by atoms with van der Waals surface area (Å²) in [7, 11) is 0. The molecule has 1 saturated heterocycles. The Balaban J connectivity index is 1.78. The average Bonchev–Trinajstić information content (AvgIpc) is 3.09. The van der Waals surface area contributed by atoms with Crippen molar-refractivity contribution in [3.8, 4) is 0 Å². The molecule has 8 heteroatoms. The number of hydrogen-bond donors (Lipinski definition) is 0. The third-order valence-corrected chi connectivity index (χ3v) is 4.63. The van der Waals surface area contributed by atoms with E-state index in [1.807, 2.05) is 0 Å². The number of fused-ring (bicyclic) bond motifs is 1. The molecule has 0 aliphatic carbocycles. The highest BCUT2D eigenvalue weighted by molar-refractivity contribution is 6.21. The molecule has 0 bridgehead atoms. The van der Waals surface area contributed by atoms with Gasteiger partial charge in [0.15, 0.2) is 0 Å². The van der Waals surface area contributed by atoms with E-state index >= 15 is 0 Å². The van der Waals surface area contributed by atoms with Crippen LogP contribution in [0.4, 0.5) is 4.79 Å². The number of hydrogen-bond acceptors (Lipinski definition) is 6. The third-order valence-electron chi connectivity index (χ3n) is 4.63. The zero-order valence-corrected chi connectivity index (χ0v) is 15.8. The Morgan fingerprint density at radius 1 is 1.07 bits per heavy atom. The molecular formula is C19H22N2O6. The zero-order chi connectivity index (χ0) is 20.0. The smallest absolute Gasteiger partial charge is 0.411 e. The van der Waals surface area contributed by atoms with Crippen molar-refractivity contribution in [3.63, 3.8) is 0 Å². The topological polar surface area (TPSA) is 93.2 Å². The van der Waals surface area contributed by atoms with Crippen molar-refractivity contribution in [2.24, 2.45) is 0 Å². The van der Waals surface area contributed by atoms with E-state index in [9.17, 15) is 19.2 Å². The van der Waals surface area contributed by atoms with Gasteiger partial charge < -0.3 is 9.57 Å². The molecule has 0 radical (unpaired) electrons. The van der Waals surface area contributed by atoms with Crippen molar-refractivity contribution in [3.05, 3.63) is 35.4 Å². The summed E-state index contributed by atoms with van der Waals surface area (Å²) in [6.07, 6.45) is 0.281. The van der Waals surface area contributed by atoms with Crippen LogP contribution in [0.2, 0.25) is 0 Å². The monoisotopic (exact) mass is 374 g/mol. The normalized spacial score (nSPS) is 22.1. The van der Waals surface area contributed by atoms with Gasteiger partial charge in [-0.25, -0.2) is 9.59 Å². The minimum Gasteiger partial charge on any atom is -0.444 e. The molecule has 8 nitrogen and oxygen atoms in total. The summed E-state index contributed by atoms with van der Waals surface area (Å²) < 4.78 is 5.36. The van der Waals surface area contributed by atoms with Gasteiger partial charge in [0.05, 0.1) is 11.1 Å². The van der Waals surface area contributed by atoms with Crippen LogP contribution in [0.25, 0.3) is 0 Å². The molecule has 3 amide bonds. The van der Waals surface area contributed by atoms with Crippen molar-refractivity contribution in [1.29, 1.82) is 0 Å². The Morgan fingerprint density at radius 3 is 2.15 bits per heavy atom. The van der Waals surface area contributed by atoms with Gasteiger partial charge in [-0.3, -0.25) is 14.5 Å². The lowest BCUT2D eigenvalue weighted by Gasteiger charge is -2.34. The minimum atomic E-state index is -1.32. The summed E-state index contributed by atoms with van der Waals surface area (Å²) in [5.74, 6) is -2.25. The molecule has 1 fully saturated rings. The van der Waals surface area contributed by atoms with Crippen LogP contribution in [0.3, 0.4) is 0 Å². The van der Waals surface area contributed by atoms with Crippen LogP contribution in [0.1, 0.15) is 61.3 Å². The van der Waals surface area contributed by atoms with Crippen LogP contribution in [0.5, 0.6) is 0 Å². The van der Waals surface area contributed by atoms with Crippen molar-refractivity contribution in [1.82, 2.24) is 9.96 Å². The molecule has 2 heterocycles. The van der Waals surface area contributed by atoms with Gasteiger partial charge in [0.25, 0.3) is 11.8 Å². The molecule has 0 aromatic heterocycles. The summed E-state index contributed by atoms with van der Waals surface area (Å²) in [6.45, 7) is 7.06. The first-order valence-corrected chi connectivity index (χ1v) is 8.75. The fraction of sp³-hybridized carbons (Fsp3) is 0.474. The minimum absolute atomic E-state index is 0.177. The van der Waals surface area contributed by atoms with Crippen LogP contribution in [0.15, 0.2) is 24.3 Å². The van der Waals surface area contributed by atoms with E-state index in [1.165, 1.54) is 17.0 Å². The number of nitrogens with zero attached hydrogens (tertiary/aromatic N) is 2. The standard InChI is InChI=1S/C19H22N2O6/c1-18(2,3)26-17(25)20-11-7-10-19(20,4)16(24)27-21-14(22)12-8-5-6-9-13(12)15(21)23/h5-6,8-9H,7,10-11H2,1-4H3/t19-/m0/s1. The Kier molecular flexibility index (Phi) is 4.45. The zero-order valence-electron chi connectivity index (χ0n) is 15.8. The highest BCUT2D eigenvalue weighted by Gasteiger charge is 2.51. The second-order valence-electron chi connectivity index (χ2n) is 7.84. The van der Waals surface area contributed by atoms with E-state index in [1.54, 1.807) is 39.8 Å². The predicted molar refractivity (Wildman–Crippen MR) is 93.6 cm³/mol. The molecule has 144 valence electrons. The van der Waals surface area contributed by atoms with Gasteiger partial charge in [-0.2, -0.15) is 0 Å². The molecule has 0 spiro atoms. The number of hydroxylamine groups is 2. The van der Waals surface area contributed by atoms with E-state index in [2.05, 4.69) is 0 Å². The SMILES string of the molecule is CC(C)(C)OC(=O)N1CCC[C@@]1(C)C(=O)ON1C(=O)c2ccccc2C1=O. The number of carbonyl (C=O) groups excluding carboxylic acids is 4. The first-order chi connectivity index (χ1) is 12.5. The lowest BCUT2D eigenvalue weighted by molar-refractivity contribution is -0.180. The van der Waals surface area contributed by atoms with Gasteiger partial charge in [0.2, 0.25) is 0 Å². The Labute approximate surface area is 157 Å². The summed E-state index contributed by atoms with van der Waals surface area (Å²) in [6, 6.07) is 6.23. The Morgan fingerprint density at radius 2 is 1.63 bits per heavy atom. The van der Waals surface area contributed by atoms with Crippen LogP contribution in [-0.4, -0.2) is 51.5 Å². The maximum absolute atomic E-state index is 12.8. The average molecular weight is 374 g/mol. The van der Waals surface area contributed by atoms with E-state index < -0.39 is 35.0 Å². The third kappa shape index (κ3) is 3.27.